The van der Waals surface area contributed by atoms with E-state index in [1.54, 1.807) is 10.9 Å². The first-order valence-corrected chi connectivity index (χ1v) is 9.92. The van der Waals surface area contributed by atoms with Gasteiger partial charge in [-0.15, -0.1) is 5.10 Å². The van der Waals surface area contributed by atoms with Gasteiger partial charge in [-0.2, -0.15) is 5.10 Å². The van der Waals surface area contributed by atoms with Crippen molar-refractivity contribution in [2.45, 2.75) is 78.6 Å². The van der Waals surface area contributed by atoms with Crippen LogP contribution in [0.1, 0.15) is 73.0 Å². The SMILES string of the molecule is Cc1nn(C(C)C)c(C)c1CNC(=O)c1cn(CC[C@H]2CCCCN2)nn1. The zero-order chi connectivity index (χ0) is 19.4. The molecular formula is C19H31N7O. The minimum absolute atomic E-state index is 0.201. The predicted octanol–water partition coefficient (Wildman–Crippen LogP) is 2.13. The summed E-state index contributed by atoms with van der Waals surface area (Å²) in [6.07, 6.45) is 6.51. The Balaban J connectivity index is 1.54. The minimum atomic E-state index is -0.201. The summed E-state index contributed by atoms with van der Waals surface area (Å²) in [7, 11) is 0. The highest BCUT2D eigenvalue weighted by atomic mass is 16.2. The fourth-order valence-electron chi connectivity index (χ4n) is 3.69. The molecule has 8 heteroatoms. The molecule has 2 aromatic heterocycles. The topological polar surface area (TPSA) is 89.7 Å². The fourth-order valence-corrected chi connectivity index (χ4v) is 3.69. The number of aryl methyl sites for hydroxylation is 2. The van der Waals surface area contributed by atoms with E-state index in [-0.39, 0.29) is 5.91 Å². The van der Waals surface area contributed by atoms with Crippen molar-refractivity contribution in [2.75, 3.05) is 6.54 Å². The van der Waals surface area contributed by atoms with Gasteiger partial charge in [-0.25, -0.2) is 0 Å². The number of nitrogens with zero attached hydrogens (tertiary/aromatic N) is 5. The third kappa shape index (κ3) is 4.74. The second-order valence-electron chi connectivity index (χ2n) is 7.67. The van der Waals surface area contributed by atoms with E-state index >= 15 is 0 Å². The molecule has 0 radical (unpaired) electrons. The Hall–Kier alpha value is -2.22. The summed E-state index contributed by atoms with van der Waals surface area (Å²) in [6.45, 7) is 10.5. The maximum Gasteiger partial charge on any atom is 0.273 e. The normalized spacial score (nSPS) is 17.4. The van der Waals surface area contributed by atoms with Gasteiger partial charge >= 0.3 is 0 Å². The van der Waals surface area contributed by atoms with Gasteiger partial charge in [-0.3, -0.25) is 14.2 Å². The largest absolute Gasteiger partial charge is 0.346 e. The number of hydrogen-bond acceptors (Lipinski definition) is 5. The third-order valence-electron chi connectivity index (χ3n) is 5.28. The number of piperidine rings is 1. The Bertz CT molecular complexity index is 771. The van der Waals surface area contributed by atoms with Gasteiger partial charge in [0.1, 0.15) is 0 Å². The Morgan fingerprint density at radius 1 is 1.37 bits per heavy atom. The molecule has 1 fully saturated rings. The molecule has 2 N–H and O–H groups in total. The second-order valence-corrected chi connectivity index (χ2v) is 7.67. The van der Waals surface area contributed by atoms with Crippen LogP contribution in [0.5, 0.6) is 0 Å². The van der Waals surface area contributed by atoms with Crippen molar-refractivity contribution < 1.29 is 4.79 Å². The molecule has 1 atom stereocenters. The molecule has 0 aliphatic carbocycles. The van der Waals surface area contributed by atoms with Crippen LogP contribution in [0.3, 0.4) is 0 Å². The van der Waals surface area contributed by atoms with Crippen molar-refractivity contribution >= 4 is 5.91 Å². The summed E-state index contributed by atoms with van der Waals surface area (Å²) < 4.78 is 3.75. The van der Waals surface area contributed by atoms with Crippen LogP contribution in [-0.4, -0.2) is 43.3 Å². The van der Waals surface area contributed by atoms with Crippen molar-refractivity contribution in [3.63, 3.8) is 0 Å². The van der Waals surface area contributed by atoms with E-state index in [0.717, 1.165) is 36.5 Å². The first kappa shape index (κ1) is 19.5. The number of rotatable bonds is 7. The van der Waals surface area contributed by atoms with E-state index in [4.69, 9.17) is 0 Å². The Morgan fingerprint density at radius 2 is 2.19 bits per heavy atom. The third-order valence-corrected chi connectivity index (χ3v) is 5.28. The monoisotopic (exact) mass is 373 g/mol. The lowest BCUT2D eigenvalue weighted by atomic mass is 10.0. The molecule has 1 saturated heterocycles. The number of hydrogen-bond donors (Lipinski definition) is 2. The lowest BCUT2D eigenvalue weighted by molar-refractivity contribution is 0.0945. The van der Waals surface area contributed by atoms with E-state index in [0.29, 0.717) is 24.3 Å². The summed E-state index contributed by atoms with van der Waals surface area (Å²) in [6, 6.07) is 0.843. The number of amides is 1. The van der Waals surface area contributed by atoms with Gasteiger partial charge in [-0.05, 0) is 53.5 Å². The van der Waals surface area contributed by atoms with Crippen LogP contribution in [0.15, 0.2) is 6.20 Å². The van der Waals surface area contributed by atoms with Gasteiger partial charge in [0.25, 0.3) is 5.91 Å². The van der Waals surface area contributed by atoms with Crippen molar-refractivity contribution in [1.82, 2.24) is 35.4 Å². The average Bonchev–Trinajstić information content (AvgIpc) is 3.24. The van der Waals surface area contributed by atoms with Crippen LogP contribution >= 0.6 is 0 Å². The Labute approximate surface area is 160 Å². The van der Waals surface area contributed by atoms with E-state index in [1.165, 1.54) is 19.3 Å². The molecule has 2 aromatic rings. The van der Waals surface area contributed by atoms with E-state index in [9.17, 15) is 4.79 Å². The zero-order valence-corrected chi connectivity index (χ0v) is 16.8. The van der Waals surface area contributed by atoms with E-state index in [2.05, 4.69) is 39.9 Å². The summed E-state index contributed by atoms with van der Waals surface area (Å²) in [5.74, 6) is -0.201. The molecule has 8 nitrogen and oxygen atoms in total. The molecule has 3 rings (SSSR count). The first-order chi connectivity index (χ1) is 13.0. The Kier molecular flexibility index (Phi) is 6.26. The highest BCUT2D eigenvalue weighted by molar-refractivity contribution is 5.91. The lowest BCUT2D eigenvalue weighted by Gasteiger charge is -2.23. The summed E-state index contributed by atoms with van der Waals surface area (Å²) in [4.78, 5) is 12.4. The molecule has 1 amide bonds. The van der Waals surface area contributed by atoms with Crippen molar-refractivity contribution in [3.05, 3.63) is 28.8 Å². The van der Waals surface area contributed by atoms with Crippen LogP contribution in [0.2, 0.25) is 0 Å². The number of nitrogens with one attached hydrogen (secondary N) is 2. The average molecular weight is 374 g/mol. The fraction of sp³-hybridized carbons (Fsp3) is 0.684. The molecule has 0 unspecified atom stereocenters. The van der Waals surface area contributed by atoms with E-state index in [1.807, 2.05) is 18.5 Å². The van der Waals surface area contributed by atoms with Gasteiger partial charge in [0.15, 0.2) is 5.69 Å². The van der Waals surface area contributed by atoms with Crippen molar-refractivity contribution in [1.29, 1.82) is 0 Å². The molecule has 1 aliphatic rings. The van der Waals surface area contributed by atoms with E-state index < -0.39 is 0 Å². The van der Waals surface area contributed by atoms with Gasteiger partial charge < -0.3 is 10.6 Å². The highest BCUT2D eigenvalue weighted by Crippen LogP contribution is 2.17. The number of carbonyl (C=O) groups excluding carboxylic acids is 1. The molecule has 3 heterocycles. The highest BCUT2D eigenvalue weighted by Gasteiger charge is 2.17. The van der Waals surface area contributed by atoms with Crippen LogP contribution in [-0.2, 0) is 13.1 Å². The number of aromatic nitrogens is 5. The minimum Gasteiger partial charge on any atom is -0.346 e. The molecule has 0 bridgehead atoms. The van der Waals surface area contributed by atoms with Crippen molar-refractivity contribution in [2.24, 2.45) is 0 Å². The van der Waals surface area contributed by atoms with Gasteiger partial charge in [0, 0.05) is 36.4 Å². The standard InChI is InChI=1S/C19H31N7O/c1-13(2)26-15(4)17(14(3)23-26)11-21-19(27)18-12-25(24-22-18)10-8-16-7-5-6-9-20-16/h12-13,16,20H,5-11H2,1-4H3,(H,21,27)/t16-/m1/s1. The molecular weight excluding hydrogens is 342 g/mol. The molecule has 0 aromatic carbocycles. The molecule has 148 valence electrons. The molecule has 0 saturated carbocycles. The van der Waals surface area contributed by atoms with Crippen LogP contribution in [0, 0.1) is 13.8 Å². The second kappa shape index (κ2) is 8.65. The molecule has 0 spiro atoms. The first-order valence-electron chi connectivity index (χ1n) is 9.92. The predicted molar refractivity (Wildman–Crippen MR) is 104 cm³/mol. The maximum absolute atomic E-state index is 12.4. The van der Waals surface area contributed by atoms with Crippen LogP contribution in [0.4, 0.5) is 0 Å². The molecule has 27 heavy (non-hydrogen) atoms. The zero-order valence-electron chi connectivity index (χ0n) is 16.8. The smallest absolute Gasteiger partial charge is 0.273 e. The van der Waals surface area contributed by atoms with Gasteiger partial charge in [0.05, 0.1) is 11.9 Å². The number of carbonyl (C=O) groups is 1. The van der Waals surface area contributed by atoms with Gasteiger partial charge in [0.2, 0.25) is 0 Å². The summed E-state index contributed by atoms with van der Waals surface area (Å²) in [5.41, 5.74) is 3.46. The Morgan fingerprint density at radius 3 is 2.85 bits per heavy atom. The van der Waals surface area contributed by atoms with Gasteiger partial charge in [-0.1, -0.05) is 11.6 Å². The van der Waals surface area contributed by atoms with Crippen molar-refractivity contribution in [3.8, 4) is 0 Å². The summed E-state index contributed by atoms with van der Waals surface area (Å²) in [5, 5.41) is 19.2. The molecule has 1 aliphatic heterocycles. The lowest BCUT2D eigenvalue weighted by Crippen LogP contribution is -2.34. The summed E-state index contributed by atoms with van der Waals surface area (Å²) >= 11 is 0. The quantitative estimate of drug-likeness (QED) is 0.776. The van der Waals surface area contributed by atoms with Crippen LogP contribution in [0.25, 0.3) is 0 Å². The van der Waals surface area contributed by atoms with Crippen LogP contribution < -0.4 is 10.6 Å². The maximum atomic E-state index is 12.4.